The minimum absolute atomic E-state index is 0.114. The second-order valence-electron chi connectivity index (χ2n) is 6.53. The van der Waals surface area contributed by atoms with Crippen molar-refractivity contribution < 1.29 is 14.6 Å². The molecule has 1 unspecified atom stereocenters. The van der Waals surface area contributed by atoms with Gasteiger partial charge in [0.1, 0.15) is 21.6 Å². The van der Waals surface area contributed by atoms with E-state index in [0.29, 0.717) is 5.56 Å². The Labute approximate surface area is 150 Å². The number of ether oxygens (including phenoxy) is 1. The lowest BCUT2D eigenvalue weighted by molar-refractivity contribution is -0.140. The lowest BCUT2D eigenvalue weighted by Gasteiger charge is -2.16. The number of rotatable bonds is 4. The smallest absolute Gasteiger partial charge is 0.317 e. The van der Waals surface area contributed by atoms with Crippen LogP contribution in [0.25, 0.3) is 0 Å². The minimum Gasteiger partial charge on any atom is -0.490 e. The first-order valence-electron chi connectivity index (χ1n) is 7.87. The van der Waals surface area contributed by atoms with Gasteiger partial charge >= 0.3 is 5.97 Å². The summed E-state index contributed by atoms with van der Waals surface area (Å²) in [5, 5.41) is 9.49. The highest BCUT2D eigenvalue weighted by atomic mass is 35.5. The van der Waals surface area contributed by atoms with Crippen LogP contribution in [0.5, 0.6) is 5.75 Å². The molecule has 0 heterocycles. The normalized spacial score (nSPS) is 24.4. The summed E-state index contributed by atoms with van der Waals surface area (Å²) in [6, 6.07) is 15.4. The zero-order valence-electron chi connectivity index (χ0n) is 12.8. The molecule has 2 aliphatic carbocycles. The topological polar surface area (TPSA) is 46.5 Å². The van der Waals surface area contributed by atoms with Gasteiger partial charge in [-0.2, -0.15) is 0 Å². The Morgan fingerprint density at radius 3 is 2.04 bits per heavy atom. The molecule has 1 fully saturated rings. The van der Waals surface area contributed by atoms with Crippen LogP contribution in [0.15, 0.2) is 48.5 Å². The summed E-state index contributed by atoms with van der Waals surface area (Å²) < 4.78 is 4.80. The lowest BCUT2D eigenvalue weighted by Crippen LogP contribution is -2.26. The van der Waals surface area contributed by atoms with E-state index in [9.17, 15) is 9.90 Å². The van der Waals surface area contributed by atoms with Gasteiger partial charge in [-0.1, -0.05) is 59.6 Å². The average Bonchev–Trinajstić information content (AvgIpc) is 2.94. The molecule has 0 spiro atoms. The summed E-state index contributed by atoms with van der Waals surface area (Å²) in [7, 11) is 0. The third-order valence-electron chi connectivity index (χ3n) is 5.02. The molecule has 0 radical (unpaired) electrons. The van der Waals surface area contributed by atoms with Crippen LogP contribution in [0, 0.1) is 0 Å². The number of fused-ring (bicyclic) bond motifs is 1. The molecule has 0 saturated heterocycles. The fourth-order valence-corrected chi connectivity index (χ4v) is 4.35. The summed E-state index contributed by atoms with van der Waals surface area (Å²) >= 11 is 12.2. The zero-order chi connectivity index (χ0) is 16.9. The molecule has 24 heavy (non-hydrogen) atoms. The Kier molecular flexibility index (Phi) is 3.55. The first-order valence-corrected chi connectivity index (χ1v) is 8.63. The molecule has 0 aromatic heterocycles. The second-order valence-corrected chi connectivity index (χ2v) is 8.02. The number of carboxylic acid groups (broad SMARTS) is 1. The molecular formula is C19H16Cl2O3. The number of carboxylic acids is 1. The van der Waals surface area contributed by atoms with E-state index >= 15 is 0 Å². The van der Waals surface area contributed by atoms with Crippen molar-refractivity contribution in [1.29, 1.82) is 0 Å². The monoisotopic (exact) mass is 362 g/mol. The molecule has 1 N–H and O–H groups in total. The molecule has 1 saturated carbocycles. The Morgan fingerprint density at radius 1 is 1.04 bits per heavy atom. The number of carbonyl (C=O) groups is 1. The van der Waals surface area contributed by atoms with Crippen molar-refractivity contribution in [1.82, 2.24) is 0 Å². The predicted octanol–water partition coefficient (Wildman–Crippen LogP) is 4.13. The van der Waals surface area contributed by atoms with Crippen LogP contribution in [0.4, 0.5) is 0 Å². The Hall–Kier alpha value is -1.71. The molecule has 0 bridgehead atoms. The van der Waals surface area contributed by atoms with Crippen molar-refractivity contribution >= 4 is 29.2 Å². The fraction of sp³-hybridized carbons (Fsp3) is 0.316. The molecule has 3 nitrogen and oxygen atoms in total. The van der Waals surface area contributed by atoms with E-state index in [-0.39, 0.29) is 12.5 Å². The first kappa shape index (κ1) is 15.8. The van der Waals surface area contributed by atoms with Crippen molar-refractivity contribution in [3.8, 4) is 5.75 Å². The highest BCUT2D eigenvalue weighted by Crippen LogP contribution is 2.65. The van der Waals surface area contributed by atoms with E-state index in [1.54, 1.807) is 24.3 Å². The lowest BCUT2D eigenvalue weighted by atomic mass is 9.96. The van der Waals surface area contributed by atoms with Gasteiger partial charge in [0, 0.05) is 19.3 Å². The summed E-state index contributed by atoms with van der Waals surface area (Å²) in [6.07, 6.45) is 2.12. The third kappa shape index (κ3) is 2.38. The Balaban J connectivity index is 1.49. The molecule has 124 valence electrons. The number of hydrogen-bond acceptors (Lipinski definition) is 2. The maximum absolute atomic E-state index is 11.6. The van der Waals surface area contributed by atoms with E-state index < -0.39 is 15.7 Å². The van der Waals surface area contributed by atoms with E-state index in [2.05, 4.69) is 12.1 Å². The summed E-state index contributed by atoms with van der Waals surface area (Å²) in [5.74, 6) is -0.264. The van der Waals surface area contributed by atoms with Crippen LogP contribution in [0.1, 0.15) is 23.1 Å². The third-order valence-corrected chi connectivity index (χ3v) is 5.93. The number of benzene rings is 2. The van der Waals surface area contributed by atoms with Crippen molar-refractivity contribution in [2.24, 2.45) is 0 Å². The van der Waals surface area contributed by atoms with Crippen molar-refractivity contribution in [3.05, 3.63) is 65.2 Å². The molecule has 4 rings (SSSR count). The fourth-order valence-electron chi connectivity index (χ4n) is 3.57. The van der Waals surface area contributed by atoms with Crippen LogP contribution >= 0.6 is 23.2 Å². The van der Waals surface area contributed by atoms with Crippen molar-refractivity contribution in [2.45, 2.75) is 35.1 Å². The summed E-state index contributed by atoms with van der Waals surface area (Å²) in [6.45, 7) is 0. The van der Waals surface area contributed by atoms with Gasteiger partial charge < -0.3 is 9.84 Å². The highest BCUT2D eigenvalue weighted by molar-refractivity contribution is 6.54. The van der Waals surface area contributed by atoms with Gasteiger partial charge in [0.2, 0.25) is 0 Å². The van der Waals surface area contributed by atoms with Gasteiger partial charge in [-0.15, -0.1) is 0 Å². The van der Waals surface area contributed by atoms with Crippen LogP contribution in [0.2, 0.25) is 0 Å². The van der Waals surface area contributed by atoms with Crippen molar-refractivity contribution in [2.75, 3.05) is 0 Å². The standard InChI is InChI=1S/C19H16Cl2O3/c20-19(21)11-18(19,17(22)23)14-5-7-15(8-6-14)24-16-9-12-3-1-2-4-13(12)10-16/h1-8,16H,9-11H2,(H,22,23). The molecule has 5 heteroatoms. The van der Waals surface area contributed by atoms with Gasteiger partial charge in [0.25, 0.3) is 0 Å². The first-order chi connectivity index (χ1) is 11.4. The number of hydrogen-bond donors (Lipinski definition) is 1. The van der Waals surface area contributed by atoms with E-state index in [4.69, 9.17) is 27.9 Å². The quantitative estimate of drug-likeness (QED) is 0.831. The molecule has 2 aromatic carbocycles. The molecule has 0 aliphatic heterocycles. The SMILES string of the molecule is O=C(O)C1(c2ccc(OC3Cc4ccccc4C3)cc2)CC1(Cl)Cl. The molecule has 2 aliphatic rings. The van der Waals surface area contributed by atoms with E-state index in [1.165, 1.54) is 11.1 Å². The number of halogens is 2. The van der Waals surface area contributed by atoms with Gasteiger partial charge in [-0.3, -0.25) is 4.79 Å². The summed E-state index contributed by atoms with van der Waals surface area (Å²) in [5.41, 5.74) is 2.06. The van der Waals surface area contributed by atoms with E-state index in [0.717, 1.165) is 18.6 Å². The number of aliphatic carboxylic acids is 1. The maximum Gasteiger partial charge on any atom is 0.317 e. The molecular weight excluding hydrogens is 347 g/mol. The zero-order valence-corrected chi connectivity index (χ0v) is 14.3. The van der Waals surface area contributed by atoms with Crippen LogP contribution < -0.4 is 4.74 Å². The van der Waals surface area contributed by atoms with E-state index in [1.807, 2.05) is 12.1 Å². The van der Waals surface area contributed by atoms with Crippen molar-refractivity contribution in [3.63, 3.8) is 0 Å². The average molecular weight is 363 g/mol. The summed E-state index contributed by atoms with van der Waals surface area (Å²) in [4.78, 5) is 11.6. The maximum atomic E-state index is 11.6. The largest absolute Gasteiger partial charge is 0.490 e. The van der Waals surface area contributed by atoms with Crippen LogP contribution in [-0.4, -0.2) is 21.5 Å². The molecule has 2 aromatic rings. The second kappa shape index (κ2) is 5.40. The minimum atomic E-state index is -1.24. The van der Waals surface area contributed by atoms with Gasteiger partial charge in [-0.05, 0) is 28.8 Å². The predicted molar refractivity (Wildman–Crippen MR) is 93.1 cm³/mol. The molecule has 1 atom stereocenters. The van der Waals surface area contributed by atoms with Gasteiger partial charge in [-0.25, -0.2) is 0 Å². The Morgan fingerprint density at radius 2 is 1.58 bits per heavy atom. The number of alkyl halides is 2. The molecule has 0 amide bonds. The van der Waals surface area contributed by atoms with Crippen LogP contribution in [0.3, 0.4) is 0 Å². The van der Waals surface area contributed by atoms with Gasteiger partial charge in [0.15, 0.2) is 0 Å². The van der Waals surface area contributed by atoms with Crippen LogP contribution in [-0.2, 0) is 23.1 Å². The Bertz CT molecular complexity index is 776. The van der Waals surface area contributed by atoms with Gasteiger partial charge in [0.05, 0.1) is 0 Å². The highest BCUT2D eigenvalue weighted by Gasteiger charge is 2.72.